The number of anilines is 2. The molecule has 0 aromatic heterocycles. The number of ether oxygens (including phenoxy) is 1. The summed E-state index contributed by atoms with van der Waals surface area (Å²) >= 11 is 0. The number of esters is 1. The topological polar surface area (TPSA) is 91.0 Å². The van der Waals surface area contributed by atoms with Crippen LogP contribution >= 0.6 is 0 Å². The molecule has 3 aromatic carbocycles. The zero-order valence-electron chi connectivity index (χ0n) is 20.8. The molecule has 3 aromatic rings. The molecule has 2 heterocycles. The minimum absolute atomic E-state index is 0.0202. The fourth-order valence-electron chi connectivity index (χ4n) is 4.58. The number of benzene rings is 3. The first kappa shape index (κ1) is 24.3. The van der Waals surface area contributed by atoms with E-state index in [-0.39, 0.29) is 11.8 Å². The summed E-state index contributed by atoms with van der Waals surface area (Å²) in [5.74, 6) is -0.723. The Morgan fingerprint density at radius 1 is 0.865 bits per heavy atom. The summed E-state index contributed by atoms with van der Waals surface area (Å²) in [4.78, 5) is 42.2. The van der Waals surface area contributed by atoms with Crippen molar-refractivity contribution in [3.05, 3.63) is 95.1 Å². The highest BCUT2D eigenvalue weighted by Gasteiger charge is 2.29. The SMILES string of the molecule is COC(=O)c1ccc2c(c1)NC(=O)/C2=C(\Nc1ccc(C(=O)N2CCN(C)CC2)cc1)c1ccccc1. The van der Waals surface area contributed by atoms with Crippen LogP contribution in [0.5, 0.6) is 0 Å². The van der Waals surface area contributed by atoms with Gasteiger partial charge >= 0.3 is 5.97 Å². The van der Waals surface area contributed by atoms with Crippen LogP contribution in [0.2, 0.25) is 0 Å². The molecule has 1 fully saturated rings. The van der Waals surface area contributed by atoms with Gasteiger partial charge in [-0.25, -0.2) is 4.79 Å². The number of nitrogens with one attached hydrogen (secondary N) is 2. The molecule has 188 valence electrons. The van der Waals surface area contributed by atoms with Crippen LogP contribution in [-0.2, 0) is 9.53 Å². The first-order valence-electron chi connectivity index (χ1n) is 12.1. The number of carbonyl (C=O) groups excluding carboxylic acids is 3. The van der Waals surface area contributed by atoms with Gasteiger partial charge in [-0.15, -0.1) is 0 Å². The molecule has 0 bridgehead atoms. The lowest BCUT2D eigenvalue weighted by atomic mass is 9.99. The lowest BCUT2D eigenvalue weighted by molar-refractivity contribution is -0.110. The average molecular weight is 497 g/mol. The number of piperazine rings is 1. The Bertz CT molecular complexity index is 1370. The summed E-state index contributed by atoms with van der Waals surface area (Å²) in [6.07, 6.45) is 0. The van der Waals surface area contributed by atoms with E-state index in [4.69, 9.17) is 4.74 Å². The molecule has 0 atom stereocenters. The minimum atomic E-state index is -0.470. The summed E-state index contributed by atoms with van der Waals surface area (Å²) in [5.41, 5.74) is 4.89. The van der Waals surface area contributed by atoms with E-state index in [0.717, 1.165) is 24.3 Å². The van der Waals surface area contributed by atoms with Crippen LogP contribution in [0.25, 0.3) is 11.3 Å². The fourth-order valence-corrected chi connectivity index (χ4v) is 4.58. The van der Waals surface area contributed by atoms with Crippen LogP contribution in [0.15, 0.2) is 72.8 Å². The summed E-state index contributed by atoms with van der Waals surface area (Å²) in [6, 6.07) is 21.9. The van der Waals surface area contributed by atoms with Crippen molar-refractivity contribution in [2.45, 2.75) is 0 Å². The van der Waals surface area contributed by atoms with E-state index in [1.807, 2.05) is 59.5 Å². The van der Waals surface area contributed by atoms with Gasteiger partial charge in [0, 0.05) is 43.0 Å². The quantitative estimate of drug-likeness (QED) is 0.413. The van der Waals surface area contributed by atoms with Gasteiger partial charge in [0.1, 0.15) is 0 Å². The number of carbonyl (C=O) groups is 3. The van der Waals surface area contributed by atoms with Crippen molar-refractivity contribution in [1.29, 1.82) is 0 Å². The van der Waals surface area contributed by atoms with Gasteiger partial charge in [-0.1, -0.05) is 36.4 Å². The molecule has 2 aliphatic rings. The third-order valence-corrected chi connectivity index (χ3v) is 6.69. The minimum Gasteiger partial charge on any atom is -0.465 e. The van der Waals surface area contributed by atoms with Crippen molar-refractivity contribution in [3.63, 3.8) is 0 Å². The van der Waals surface area contributed by atoms with Crippen LogP contribution < -0.4 is 10.6 Å². The summed E-state index contributed by atoms with van der Waals surface area (Å²) < 4.78 is 4.81. The van der Waals surface area contributed by atoms with E-state index in [9.17, 15) is 14.4 Å². The Morgan fingerprint density at radius 3 is 2.22 bits per heavy atom. The van der Waals surface area contributed by atoms with E-state index in [1.54, 1.807) is 18.2 Å². The maximum Gasteiger partial charge on any atom is 0.337 e. The van der Waals surface area contributed by atoms with Crippen molar-refractivity contribution in [2.75, 3.05) is 51.0 Å². The van der Waals surface area contributed by atoms with Gasteiger partial charge in [-0.05, 0) is 49.0 Å². The predicted molar refractivity (Wildman–Crippen MR) is 143 cm³/mol. The Labute approximate surface area is 215 Å². The van der Waals surface area contributed by atoms with E-state index >= 15 is 0 Å². The normalized spacial score (nSPS) is 16.6. The molecule has 0 unspecified atom stereocenters. The van der Waals surface area contributed by atoms with E-state index in [1.165, 1.54) is 7.11 Å². The van der Waals surface area contributed by atoms with Gasteiger partial charge in [0.05, 0.1) is 29.6 Å². The molecule has 8 heteroatoms. The smallest absolute Gasteiger partial charge is 0.337 e. The molecule has 0 radical (unpaired) electrons. The highest BCUT2D eigenvalue weighted by atomic mass is 16.5. The molecule has 0 spiro atoms. The van der Waals surface area contributed by atoms with Crippen molar-refractivity contribution in [1.82, 2.24) is 9.80 Å². The van der Waals surface area contributed by atoms with Crippen molar-refractivity contribution in [2.24, 2.45) is 0 Å². The number of hydrogen-bond donors (Lipinski definition) is 2. The van der Waals surface area contributed by atoms with Crippen LogP contribution in [-0.4, -0.2) is 67.9 Å². The molecular weight excluding hydrogens is 468 g/mol. The lowest BCUT2D eigenvalue weighted by Gasteiger charge is -2.32. The molecule has 8 nitrogen and oxygen atoms in total. The Morgan fingerprint density at radius 2 is 1.54 bits per heavy atom. The molecule has 0 saturated carbocycles. The number of likely N-dealkylation sites (N-methyl/N-ethyl adjacent to an activating group) is 1. The number of hydrogen-bond acceptors (Lipinski definition) is 6. The van der Waals surface area contributed by atoms with Gasteiger partial charge < -0.3 is 25.2 Å². The first-order chi connectivity index (χ1) is 17.9. The number of nitrogens with zero attached hydrogens (tertiary/aromatic N) is 2. The second kappa shape index (κ2) is 10.3. The molecule has 2 aliphatic heterocycles. The van der Waals surface area contributed by atoms with Crippen molar-refractivity contribution >= 4 is 40.4 Å². The summed E-state index contributed by atoms with van der Waals surface area (Å²) in [6.45, 7) is 3.16. The third-order valence-electron chi connectivity index (χ3n) is 6.69. The van der Waals surface area contributed by atoms with Gasteiger partial charge in [0.15, 0.2) is 0 Å². The van der Waals surface area contributed by atoms with Crippen molar-refractivity contribution < 1.29 is 19.1 Å². The number of methoxy groups -OCH3 is 1. The van der Waals surface area contributed by atoms with Crippen LogP contribution in [0.3, 0.4) is 0 Å². The second-order valence-corrected chi connectivity index (χ2v) is 9.12. The number of fused-ring (bicyclic) bond motifs is 1. The van der Waals surface area contributed by atoms with Gasteiger partial charge in [0.2, 0.25) is 0 Å². The molecule has 0 aliphatic carbocycles. The lowest BCUT2D eigenvalue weighted by Crippen LogP contribution is -2.47. The van der Waals surface area contributed by atoms with Gasteiger partial charge in [-0.2, -0.15) is 0 Å². The predicted octanol–water partition coefficient (Wildman–Crippen LogP) is 3.79. The molecule has 2 N–H and O–H groups in total. The van der Waals surface area contributed by atoms with E-state index in [2.05, 4.69) is 22.6 Å². The zero-order chi connectivity index (χ0) is 25.9. The standard InChI is InChI=1S/C29H28N4O4/c1-32-14-16-33(17-15-32)28(35)20-8-11-22(12-9-20)30-26(19-6-4-3-5-7-19)25-23-13-10-21(29(36)37-2)18-24(23)31-27(25)34/h3-13,18,30H,14-17H2,1-2H3,(H,31,34)/b26-25-. The molecule has 2 amide bonds. The molecular formula is C29H28N4O4. The zero-order valence-corrected chi connectivity index (χ0v) is 20.8. The van der Waals surface area contributed by atoms with E-state index in [0.29, 0.717) is 46.7 Å². The number of amides is 2. The largest absolute Gasteiger partial charge is 0.465 e. The third kappa shape index (κ3) is 4.96. The van der Waals surface area contributed by atoms with Crippen LogP contribution in [0.4, 0.5) is 11.4 Å². The Kier molecular flexibility index (Phi) is 6.74. The highest BCUT2D eigenvalue weighted by molar-refractivity contribution is 6.37. The highest BCUT2D eigenvalue weighted by Crippen LogP contribution is 2.38. The molecule has 37 heavy (non-hydrogen) atoms. The summed E-state index contributed by atoms with van der Waals surface area (Å²) in [7, 11) is 3.38. The van der Waals surface area contributed by atoms with E-state index < -0.39 is 5.97 Å². The van der Waals surface area contributed by atoms with Gasteiger partial charge in [0.25, 0.3) is 11.8 Å². The summed E-state index contributed by atoms with van der Waals surface area (Å²) in [5, 5.41) is 6.27. The fraction of sp³-hybridized carbons (Fsp3) is 0.207. The molecule has 5 rings (SSSR count). The van der Waals surface area contributed by atoms with Crippen LogP contribution in [0, 0.1) is 0 Å². The number of rotatable bonds is 5. The Balaban J connectivity index is 1.47. The maximum atomic E-state index is 13.1. The van der Waals surface area contributed by atoms with Crippen LogP contribution in [0.1, 0.15) is 31.8 Å². The monoisotopic (exact) mass is 496 g/mol. The van der Waals surface area contributed by atoms with Gasteiger partial charge in [-0.3, -0.25) is 9.59 Å². The maximum absolute atomic E-state index is 13.1. The molecule has 1 saturated heterocycles. The van der Waals surface area contributed by atoms with Crippen molar-refractivity contribution in [3.8, 4) is 0 Å². The average Bonchev–Trinajstić information content (AvgIpc) is 3.26. The second-order valence-electron chi connectivity index (χ2n) is 9.12. The first-order valence-corrected chi connectivity index (χ1v) is 12.1. The Hall–Kier alpha value is -4.43.